The number of benzene rings is 1. The molecule has 1 aliphatic heterocycles. The average molecular weight is 189 g/mol. The Morgan fingerprint density at radius 2 is 2.00 bits per heavy atom. The van der Waals surface area contributed by atoms with Crippen LogP contribution in [0, 0.1) is 0 Å². The lowest BCUT2D eigenvalue weighted by atomic mass is 10.2. The lowest BCUT2D eigenvalue weighted by molar-refractivity contribution is 0.787. The molecule has 2 rings (SSSR count). The fraction of sp³-hybridized carbons (Fsp3) is 0.364. The smallest absolute Gasteiger partial charge is 0.100 e. The largest absolute Gasteiger partial charge is 0.399 e. The van der Waals surface area contributed by atoms with Crippen molar-refractivity contribution in [2.75, 3.05) is 23.7 Å². The van der Waals surface area contributed by atoms with Crippen LogP contribution < -0.4 is 10.6 Å². The predicted molar refractivity (Wildman–Crippen MR) is 60.8 cm³/mol. The van der Waals surface area contributed by atoms with Gasteiger partial charge in [0.25, 0.3) is 0 Å². The van der Waals surface area contributed by atoms with Gasteiger partial charge in [0.1, 0.15) is 5.84 Å². The summed E-state index contributed by atoms with van der Waals surface area (Å²) in [5, 5.41) is 0. The molecule has 2 N–H and O–H groups in total. The Bertz CT molecular complexity index is 340. The minimum Gasteiger partial charge on any atom is -0.399 e. The van der Waals surface area contributed by atoms with Crippen molar-refractivity contribution in [3.8, 4) is 0 Å². The van der Waals surface area contributed by atoms with Gasteiger partial charge in [-0.3, -0.25) is 4.99 Å². The van der Waals surface area contributed by atoms with Gasteiger partial charge < -0.3 is 10.6 Å². The fourth-order valence-electron chi connectivity index (χ4n) is 1.69. The third-order valence-electron chi connectivity index (χ3n) is 2.48. The van der Waals surface area contributed by atoms with Crippen LogP contribution in [0.1, 0.15) is 13.3 Å². The van der Waals surface area contributed by atoms with Crippen LogP contribution in [0.4, 0.5) is 11.4 Å². The van der Waals surface area contributed by atoms with Gasteiger partial charge in [0.2, 0.25) is 0 Å². The van der Waals surface area contributed by atoms with Crippen LogP contribution in [-0.2, 0) is 0 Å². The Morgan fingerprint density at radius 1 is 1.29 bits per heavy atom. The van der Waals surface area contributed by atoms with Gasteiger partial charge in [-0.15, -0.1) is 0 Å². The van der Waals surface area contributed by atoms with Gasteiger partial charge in [0.05, 0.1) is 0 Å². The summed E-state index contributed by atoms with van der Waals surface area (Å²) < 4.78 is 0. The molecule has 0 radical (unpaired) electrons. The van der Waals surface area contributed by atoms with Crippen molar-refractivity contribution in [1.29, 1.82) is 0 Å². The van der Waals surface area contributed by atoms with Gasteiger partial charge in [-0.2, -0.15) is 0 Å². The molecule has 0 unspecified atom stereocenters. The highest BCUT2D eigenvalue weighted by Gasteiger charge is 2.12. The van der Waals surface area contributed by atoms with Crippen molar-refractivity contribution in [2.24, 2.45) is 4.99 Å². The summed E-state index contributed by atoms with van der Waals surface area (Å²) in [5.74, 6) is 1.10. The summed E-state index contributed by atoms with van der Waals surface area (Å²) >= 11 is 0. The highest BCUT2D eigenvalue weighted by atomic mass is 15.2. The van der Waals surface area contributed by atoms with Gasteiger partial charge in [0.15, 0.2) is 0 Å². The molecule has 0 aliphatic carbocycles. The Hall–Kier alpha value is -1.51. The minimum atomic E-state index is 0.806. The molecule has 0 saturated heterocycles. The van der Waals surface area contributed by atoms with E-state index < -0.39 is 0 Å². The summed E-state index contributed by atoms with van der Waals surface area (Å²) in [5.41, 5.74) is 7.63. The maximum absolute atomic E-state index is 5.64. The zero-order valence-electron chi connectivity index (χ0n) is 8.40. The third kappa shape index (κ3) is 1.71. The molecule has 1 aromatic carbocycles. The number of nitrogen functional groups attached to an aromatic ring is 1. The molecule has 0 amide bonds. The summed E-state index contributed by atoms with van der Waals surface area (Å²) in [4.78, 5) is 6.65. The second-order valence-electron chi connectivity index (χ2n) is 3.53. The first-order chi connectivity index (χ1) is 6.77. The standard InChI is InChI=1S/C11H15N3/c1-9-13-7-2-8-14(9)11-5-3-10(12)4-6-11/h3-6H,2,7-8,12H2,1H3. The predicted octanol–water partition coefficient (Wildman–Crippen LogP) is 1.90. The van der Waals surface area contributed by atoms with Gasteiger partial charge in [-0.25, -0.2) is 0 Å². The summed E-state index contributed by atoms with van der Waals surface area (Å²) in [6.07, 6.45) is 1.13. The van der Waals surface area contributed by atoms with Gasteiger partial charge in [0, 0.05) is 24.5 Å². The monoisotopic (exact) mass is 189 g/mol. The summed E-state index contributed by atoms with van der Waals surface area (Å²) in [7, 11) is 0. The topological polar surface area (TPSA) is 41.6 Å². The molecule has 0 spiro atoms. The molecule has 0 atom stereocenters. The molecule has 74 valence electrons. The lowest BCUT2D eigenvalue weighted by Gasteiger charge is -2.27. The van der Waals surface area contributed by atoms with Crippen LogP contribution >= 0.6 is 0 Å². The Labute approximate surface area is 84.2 Å². The van der Waals surface area contributed by atoms with Crippen molar-refractivity contribution in [3.63, 3.8) is 0 Å². The van der Waals surface area contributed by atoms with Crippen LogP contribution in [0.2, 0.25) is 0 Å². The van der Waals surface area contributed by atoms with E-state index in [1.807, 2.05) is 24.3 Å². The first-order valence-electron chi connectivity index (χ1n) is 4.91. The van der Waals surface area contributed by atoms with E-state index in [0.717, 1.165) is 31.0 Å². The molecule has 14 heavy (non-hydrogen) atoms. The van der Waals surface area contributed by atoms with Crippen molar-refractivity contribution in [3.05, 3.63) is 24.3 Å². The number of rotatable bonds is 1. The quantitative estimate of drug-likeness (QED) is 0.685. The van der Waals surface area contributed by atoms with Gasteiger partial charge in [-0.05, 0) is 37.6 Å². The Balaban J connectivity index is 2.26. The van der Waals surface area contributed by atoms with Crippen LogP contribution in [0.25, 0.3) is 0 Å². The second-order valence-corrected chi connectivity index (χ2v) is 3.53. The molecule has 3 heteroatoms. The number of anilines is 2. The van der Waals surface area contributed by atoms with Crippen LogP contribution in [0.3, 0.4) is 0 Å². The highest BCUT2D eigenvalue weighted by molar-refractivity contribution is 5.96. The zero-order valence-corrected chi connectivity index (χ0v) is 8.40. The molecular weight excluding hydrogens is 174 g/mol. The van der Waals surface area contributed by atoms with Crippen LogP contribution in [0.15, 0.2) is 29.3 Å². The van der Waals surface area contributed by atoms with Crippen LogP contribution in [-0.4, -0.2) is 18.9 Å². The zero-order chi connectivity index (χ0) is 9.97. The molecule has 0 bridgehead atoms. The van der Waals surface area contributed by atoms with Crippen molar-refractivity contribution in [1.82, 2.24) is 0 Å². The van der Waals surface area contributed by atoms with E-state index in [2.05, 4.69) is 16.8 Å². The highest BCUT2D eigenvalue weighted by Crippen LogP contribution is 2.18. The molecule has 0 fully saturated rings. The van der Waals surface area contributed by atoms with E-state index >= 15 is 0 Å². The minimum absolute atomic E-state index is 0.806. The molecule has 0 saturated carbocycles. The number of aliphatic imine (C=N–C) groups is 1. The molecule has 0 aromatic heterocycles. The normalized spacial score (nSPS) is 16.6. The average Bonchev–Trinajstić information content (AvgIpc) is 2.20. The second kappa shape index (κ2) is 3.70. The van der Waals surface area contributed by atoms with E-state index in [-0.39, 0.29) is 0 Å². The summed E-state index contributed by atoms with van der Waals surface area (Å²) in [6.45, 7) is 4.06. The number of hydrogen-bond donors (Lipinski definition) is 1. The maximum Gasteiger partial charge on any atom is 0.100 e. The molecule has 1 aliphatic rings. The Morgan fingerprint density at radius 3 is 2.64 bits per heavy atom. The molecule has 1 heterocycles. The van der Waals surface area contributed by atoms with Crippen LogP contribution in [0.5, 0.6) is 0 Å². The summed E-state index contributed by atoms with van der Waals surface area (Å²) in [6, 6.07) is 7.94. The third-order valence-corrected chi connectivity index (χ3v) is 2.48. The molecule has 3 nitrogen and oxygen atoms in total. The molecule has 1 aromatic rings. The first-order valence-corrected chi connectivity index (χ1v) is 4.91. The lowest BCUT2D eigenvalue weighted by Crippen LogP contribution is -2.33. The number of amidine groups is 1. The van der Waals surface area contributed by atoms with E-state index in [9.17, 15) is 0 Å². The SMILES string of the molecule is CC1=NCCCN1c1ccc(N)cc1. The van der Waals surface area contributed by atoms with E-state index in [4.69, 9.17) is 5.73 Å². The van der Waals surface area contributed by atoms with Crippen molar-refractivity contribution < 1.29 is 0 Å². The maximum atomic E-state index is 5.64. The van der Waals surface area contributed by atoms with Crippen molar-refractivity contribution >= 4 is 17.2 Å². The fourth-order valence-corrected chi connectivity index (χ4v) is 1.69. The number of nitrogens with zero attached hydrogens (tertiary/aromatic N) is 2. The number of nitrogens with two attached hydrogens (primary N) is 1. The number of hydrogen-bond acceptors (Lipinski definition) is 3. The van der Waals surface area contributed by atoms with Gasteiger partial charge >= 0.3 is 0 Å². The van der Waals surface area contributed by atoms with Crippen molar-refractivity contribution in [2.45, 2.75) is 13.3 Å². The first kappa shape index (κ1) is 9.06. The van der Waals surface area contributed by atoms with E-state index in [0.29, 0.717) is 0 Å². The van der Waals surface area contributed by atoms with Gasteiger partial charge in [-0.1, -0.05) is 0 Å². The van der Waals surface area contributed by atoms with E-state index in [1.165, 1.54) is 5.69 Å². The molecular formula is C11H15N3. The Kier molecular flexibility index (Phi) is 2.39. The van der Waals surface area contributed by atoms with E-state index in [1.54, 1.807) is 0 Å².